The van der Waals surface area contributed by atoms with Crippen LogP contribution in [0.15, 0.2) is 27.2 Å². The molecule has 0 spiro atoms. The molecule has 4 nitrogen and oxygen atoms in total. The van der Waals surface area contributed by atoms with E-state index in [0.717, 1.165) is 0 Å². The van der Waals surface area contributed by atoms with Crippen molar-refractivity contribution in [2.24, 2.45) is 0 Å². The van der Waals surface area contributed by atoms with Gasteiger partial charge in [0.15, 0.2) is 0 Å². The molecule has 0 saturated heterocycles. The molecule has 0 atom stereocenters. The molecule has 2 aromatic rings. The smallest absolute Gasteiger partial charge is 0.398 e. The molecule has 0 aliphatic carbocycles. The maximum absolute atomic E-state index is 12.2. The third kappa shape index (κ3) is 2.41. The lowest BCUT2D eigenvalue weighted by atomic mass is 10.2. The van der Waals surface area contributed by atoms with Crippen molar-refractivity contribution in [3.05, 3.63) is 28.5 Å². The third-order valence-corrected chi connectivity index (χ3v) is 2.64. The summed E-state index contributed by atoms with van der Waals surface area (Å²) in [6, 6.07) is 4.55. The lowest BCUT2D eigenvalue weighted by Crippen LogP contribution is -2.07. The van der Waals surface area contributed by atoms with Gasteiger partial charge < -0.3 is 10.3 Å². The van der Waals surface area contributed by atoms with Crippen molar-refractivity contribution >= 4 is 21.6 Å². The molecule has 0 unspecified atom stereocenters. The second-order valence-electron chi connectivity index (χ2n) is 3.16. The molecule has 2 rings (SSSR count). The van der Waals surface area contributed by atoms with Crippen molar-refractivity contribution in [1.29, 1.82) is 0 Å². The molecule has 17 heavy (non-hydrogen) atoms. The highest BCUT2D eigenvalue weighted by Crippen LogP contribution is 2.30. The first-order chi connectivity index (χ1) is 7.88. The van der Waals surface area contributed by atoms with E-state index < -0.39 is 12.0 Å². The Labute approximate surface area is 102 Å². The Hall–Kier alpha value is -1.57. The minimum Gasteiger partial charge on any atom is -0.398 e. The van der Waals surface area contributed by atoms with Crippen LogP contribution in [-0.4, -0.2) is 10.1 Å². The first-order valence-electron chi connectivity index (χ1n) is 4.34. The van der Waals surface area contributed by atoms with Crippen molar-refractivity contribution < 1.29 is 17.7 Å². The van der Waals surface area contributed by atoms with Gasteiger partial charge in [0, 0.05) is 15.7 Å². The van der Waals surface area contributed by atoms with Gasteiger partial charge in [0.05, 0.1) is 0 Å². The maximum atomic E-state index is 12.2. The molecule has 0 radical (unpaired) electrons. The third-order valence-electron chi connectivity index (χ3n) is 1.92. The number of rotatable bonds is 1. The van der Waals surface area contributed by atoms with Crippen LogP contribution in [0.1, 0.15) is 5.82 Å². The molecule has 1 aromatic carbocycles. The Kier molecular flexibility index (Phi) is 2.82. The molecule has 0 fully saturated rings. The van der Waals surface area contributed by atoms with E-state index in [1.807, 2.05) is 0 Å². The van der Waals surface area contributed by atoms with E-state index in [-0.39, 0.29) is 5.89 Å². The molecule has 0 bridgehead atoms. The zero-order valence-electron chi connectivity index (χ0n) is 8.12. The zero-order chi connectivity index (χ0) is 12.6. The highest BCUT2D eigenvalue weighted by atomic mass is 79.9. The number of aromatic nitrogens is 2. The Morgan fingerprint density at radius 3 is 2.53 bits per heavy atom. The van der Waals surface area contributed by atoms with Crippen LogP contribution in [0.25, 0.3) is 11.5 Å². The minimum atomic E-state index is -4.62. The molecule has 1 heterocycles. The number of halogens is 4. The fraction of sp³-hybridized carbons (Fsp3) is 0.111. The average Bonchev–Trinajstić information content (AvgIpc) is 2.70. The van der Waals surface area contributed by atoms with Gasteiger partial charge in [-0.05, 0) is 34.1 Å². The molecular weight excluding hydrogens is 303 g/mol. The van der Waals surface area contributed by atoms with Gasteiger partial charge in [0.25, 0.3) is 11.7 Å². The molecule has 2 N–H and O–H groups in total. The van der Waals surface area contributed by atoms with Crippen LogP contribution in [0, 0.1) is 0 Å². The van der Waals surface area contributed by atoms with Gasteiger partial charge in [-0.15, -0.1) is 0 Å². The summed E-state index contributed by atoms with van der Waals surface area (Å²) in [6.07, 6.45) is -4.62. The lowest BCUT2D eigenvalue weighted by molar-refractivity contribution is -0.146. The number of hydrogen-bond donors (Lipinski definition) is 1. The van der Waals surface area contributed by atoms with E-state index >= 15 is 0 Å². The predicted molar refractivity (Wildman–Crippen MR) is 56.8 cm³/mol. The number of nitrogens with zero attached hydrogens (tertiary/aromatic N) is 2. The second-order valence-corrected chi connectivity index (χ2v) is 4.01. The van der Waals surface area contributed by atoms with Crippen molar-refractivity contribution in [3.63, 3.8) is 0 Å². The first kappa shape index (κ1) is 11.9. The summed E-state index contributed by atoms with van der Waals surface area (Å²) in [6.45, 7) is 0. The summed E-state index contributed by atoms with van der Waals surface area (Å²) < 4.78 is 41.9. The monoisotopic (exact) mass is 307 g/mol. The van der Waals surface area contributed by atoms with Crippen molar-refractivity contribution in [1.82, 2.24) is 10.1 Å². The number of anilines is 1. The largest absolute Gasteiger partial charge is 0.455 e. The summed E-state index contributed by atoms with van der Waals surface area (Å²) in [7, 11) is 0. The number of nitrogens with two attached hydrogens (primary N) is 1. The Morgan fingerprint density at radius 1 is 1.29 bits per heavy atom. The molecular formula is C9H5BrF3N3O. The van der Waals surface area contributed by atoms with E-state index in [1.165, 1.54) is 12.1 Å². The van der Waals surface area contributed by atoms with Crippen LogP contribution in [0.3, 0.4) is 0 Å². The fourth-order valence-corrected chi connectivity index (χ4v) is 1.38. The van der Waals surface area contributed by atoms with Crippen LogP contribution in [0.5, 0.6) is 0 Å². The van der Waals surface area contributed by atoms with Gasteiger partial charge in [0.2, 0.25) is 0 Å². The highest BCUT2D eigenvalue weighted by Gasteiger charge is 2.37. The fourth-order valence-electron chi connectivity index (χ4n) is 1.13. The van der Waals surface area contributed by atoms with Crippen LogP contribution < -0.4 is 5.73 Å². The Morgan fingerprint density at radius 2 is 2.00 bits per heavy atom. The van der Waals surface area contributed by atoms with Crippen molar-refractivity contribution in [3.8, 4) is 11.5 Å². The number of benzene rings is 1. The van der Waals surface area contributed by atoms with Gasteiger partial charge in [-0.2, -0.15) is 18.2 Å². The second kappa shape index (κ2) is 4.02. The van der Waals surface area contributed by atoms with Gasteiger partial charge in [-0.1, -0.05) is 5.16 Å². The molecule has 1 aromatic heterocycles. The van der Waals surface area contributed by atoms with E-state index in [4.69, 9.17) is 5.73 Å². The van der Waals surface area contributed by atoms with Gasteiger partial charge in [-0.3, -0.25) is 0 Å². The van der Waals surface area contributed by atoms with Crippen LogP contribution >= 0.6 is 15.9 Å². The minimum absolute atomic E-state index is 0.225. The number of nitrogen functional groups attached to an aromatic ring is 1. The highest BCUT2D eigenvalue weighted by molar-refractivity contribution is 9.10. The van der Waals surface area contributed by atoms with E-state index in [9.17, 15) is 13.2 Å². The quantitative estimate of drug-likeness (QED) is 0.822. The topological polar surface area (TPSA) is 64.9 Å². The van der Waals surface area contributed by atoms with E-state index in [1.54, 1.807) is 6.07 Å². The number of hydrogen-bond acceptors (Lipinski definition) is 4. The van der Waals surface area contributed by atoms with Gasteiger partial charge in [0.1, 0.15) is 0 Å². The molecule has 0 aliphatic rings. The van der Waals surface area contributed by atoms with Crippen molar-refractivity contribution in [2.75, 3.05) is 5.73 Å². The SMILES string of the molecule is Nc1cc(-c2nc(C(F)(F)F)no2)ccc1Br. The lowest BCUT2D eigenvalue weighted by Gasteiger charge is -1.99. The first-order valence-corrected chi connectivity index (χ1v) is 5.13. The summed E-state index contributed by atoms with van der Waals surface area (Å²) in [5.74, 6) is -1.54. The summed E-state index contributed by atoms with van der Waals surface area (Å²) in [4.78, 5) is 3.25. The Balaban J connectivity index is 2.40. The van der Waals surface area contributed by atoms with E-state index in [0.29, 0.717) is 15.7 Å². The molecule has 0 aliphatic heterocycles. The molecule has 8 heteroatoms. The summed E-state index contributed by atoms with van der Waals surface area (Å²) in [5, 5.41) is 2.85. The molecule has 90 valence electrons. The van der Waals surface area contributed by atoms with Crippen LogP contribution in [0.2, 0.25) is 0 Å². The van der Waals surface area contributed by atoms with Gasteiger partial charge in [-0.25, -0.2) is 0 Å². The van der Waals surface area contributed by atoms with E-state index in [2.05, 4.69) is 30.6 Å². The maximum Gasteiger partial charge on any atom is 0.455 e. The normalized spacial score (nSPS) is 11.8. The zero-order valence-corrected chi connectivity index (χ0v) is 9.71. The van der Waals surface area contributed by atoms with Crippen LogP contribution in [0.4, 0.5) is 18.9 Å². The predicted octanol–water partition coefficient (Wildman–Crippen LogP) is 3.10. The van der Waals surface area contributed by atoms with Crippen molar-refractivity contribution in [2.45, 2.75) is 6.18 Å². The Bertz CT molecular complexity index is 553. The van der Waals surface area contributed by atoms with Crippen LogP contribution in [-0.2, 0) is 6.18 Å². The number of alkyl halides is 3. The summed E-state index contributed by atoms with van der Waals surface area (Å²) >= 11 is 3.17. The summed E-state index contributed by atoms with van der Waals surface area (Å²) in [5.41, 5.74) is 6.29. The van der Waals surface area contributed by atoms with Gasteiger partial charge >= 0.3 is 6.18 Å². The standard InChI is InChI=1S/C9H5BrF3N3O/c10-5-2-1-4(3-6(5)14)7-15-8(16-17-7)9(11,12)13/h1-3H,14H2. The average molecular weight is 308 g/mol. The molecule has 0 saturated carbocycles. The molecule has 0 amide bonds.